The van der Waals surface area contributed by atoms with Crippen LogP contribution in [0.4, 0.5) is 5.82 Å². The zero-order valence-corrected chi connectivity index (χ0v) is 11.8. The third-order valence-electron chi connectivity index (χ3n) is 2.65. The Morgan fingerprint density at radius 2 is 2.15 bits per heavy atom. The summed E-state index contributed by atoms with van der Waals surface area (Å²) in [4.78, 5) is 8.09. The van der Waals surface area contributed by atoms with Crippen LogP contribution in [0.2, 0.25) is 0 Å². The minimum Gasteiger partial charge on any atom is -0.373 e. The van der Waals surface area contributed by atoms with E-state index < -0.39 is 10.0 Å². The first-order valence-corrected chi connectivity index (χ1v) is 7.58. The molecule has 0 spiro atoms. The second kappa shape index (κ2) is 6.44. The topological polar surface area (TPSA) is 113 Å². The fourth-order valence-electron chi connectivity index (χ4n) is 1.58. The van der Waals surface area contributed by atoms with Crippen LogP contribution >= 0.6 is 0 Å². The Morgan fingerprint density at radius 1 is 1.30 bits per heavy atom. The fourth-order valence-corrected chi connectivity index (χ4v) is 2.60. The van der Waals surface area contributed by atoms with E-state index >= 15 is 0 Å². The van der Waals surface area contributed by atoms with E-state index in [1.807, 2.05) is 0 Å². The predicted molar refractivity (Wildman–Crippen MR) is 73.7 cm³/mol. The van der Waals surface area contributed by atoms with Crippen LogP contribution < -0.4 is 10.0 Å². The van der Waals surface area contributed by atoms with Crippen LogP contribution in [0.3, 0.4) is 0 Å². The number of aryl methyl sites for hydroxylation is 1. The molecule has 2 heterocycles. The molecule has 8 nitrogen and oxygen atoms in total. The standard InChI is InChI=1S/C11H16N6O2S/c1-12-10-5-4-9(7-13-10)20(18,19)16-6-2-3-11-14-8-15-17-11/h4-5,7-8,16H,2-3,6H2,1H3,(H,12,13)(H,14,15,17). The van der Waals surface area contributed by atoms with Crippen molar-refractivity contribution in [3.8, 4) is 0 Å². The molecule has 0 atom stereocenters. The molecule has 0 fully saturated rings. The molecule has 0 saturated heterocycles. The van der Waals surface area contributed by atoms with E-state index in [0.29, 0.717) is 25.2 Å². The molecule has 108 valence electrons. The van der Waals surface area contributed by atoms with Gasteiger partial charge in [-0.1, -0.05) is 0 Å². The van der Waals surface area contributed by atoms with Gasteiger partial charge in [-0.05, 0) is 18.6 Å². The third kappa shape index (κ3) is 3.75. The maximum atomic E-state index is 12.0. The van der Waals surface area contributed by atoms with Crippen molar-refractivity contribution in [2.24, 2.45) is 0 Å². The Hall–Kier alpha value is -2.00. The zero-order chi connectivity index (χ0) is 14.4. The molecular weight excluding hydrogens is 280 g/mol. The van der Waals surface area contributed by atoms with E-state index in [1.165, 1.54) is 18.6 Å². The summed E-state index contributed by atoms with van der Waals surface area (Å²) in [7, 11) is -1.79. The van der Waals surface area contributed by atoms with Crippen molar-refractivity contribution in [1.82, 2.24) is 24.9 Å². The number of aromatic nitrogens is 4. The van der Waals surface area contributed by atoms with Gasteiger partial charge in [-0.15, -0.1) is 0 Å². The number of sulfonamides is 1. The van der Waals surface area contributed by atoms with Gasteiger partial charge in [0.05, 0.1) is 0 Å². The maximum absolute atomic E-state index is 12.0. The van der Waals surface area contributed by atoms with Crippen molar-refractivity contribution in [2.75, 3.05) is 18.9 Å². The lowest BCUT2D eigenvalue weighted by Gasteiger charge is -2.06. The van der Waals surface area contributed by atoms with Crippen molar-refractivity contribution in [2.45, 2.75) is 17.7 Å². The highest BCUT2D eigenvalue weighted by atomic mass is 32.2. The molecule has 0 aliphatic carbocycles. The Bertz CT molecular complexity index is 623. The van der Waals surface area contributed by atoms with Crippen molar-refractivity contribution in [3.05, 3.63) is 30.5 Å². The van der Waals surface area contributed by atoms with Gasteiger partial charge in [0.1, 0.15) is 22.9 Å². The summed E-state index contributed by atoms with van der Waals surface area (Å²) >= 11 is 0. The minimum absolute atomic E-state index is 0.149. The van der Waals surface area contributed by atoms with E-state index in [-0.39, 0.29) is 4.90 Å². The number of nitrogens with one attached hydrogen (secondary N) is 3. The van der Waals surface area contributed by atoms with Crippen molar-refractivity contribution in [3.63, 3.8) is 0 Å². The summed E-state index contributed by atoms with van der Waals surface area (Å²) in [5.41, 5.74) is 0. The molecular formula is C11H16N6O2S. The number of rotatable bonds is 7. The first kappa shape index (κ1) is 14.4. The van der Waals surface area contributed by atoms with Gasteiger partial charge in [0, 0.05) is 26.2 Å². The van der Waals surface area contributed by atoms with Crippen LogP contribution in [0.1, 0.15) is 12.2 Å². The van der Waals surface area contributed by atoms with E-state index in [9.17, 15) is 8.42 Å². The number of nitrogens with zero attached hydrogens (tertiary/aromatic N) is 3. The molecule has 0 unspecified atom stereocenters. The lowest BCUT2D eigenvalue weighted by atomic mass is 10.3. The van der Waals surface area contributed by atoms with Crippen LogP contribution in [0.5, 0.6) is 0 Å². The fraction of sp³-hybridized carbons (Fsp3) is 0.364. The van der Waals surface area contributed by atoms with Crippen molar-refractivity contribution < 1.29 is 8.42 Å². The molecule has 0 aliphatic rings. The molecule has 0 bridgehead atoms. The van der Waals surface area contributed by atoms with E-state index in [4.69, 9.17) is 0 Å². The highest BCUT2D eigenvalue weighted by Crippen LogP contribution is 2.10. The molecule has 2 rings (SSSR count). The normalized spacial score (nSPS) is 11.4. The minimum atomic E-state index is -3.51. The van der Waals surface area contributed by atoms with Gasteiger partial charge in [-0.2, -0.15) is 5.10 Å². The number of aromatic amines is 1. The monoisotopic (exact) mass is 296 g/mol. The van der Waals surface area contributed by atoms with Gasteiger partial charge < -0.3 is 5.32 Å². The van der Waals surface area contributed by atoms with Gasteiger partial charge in [-0.25, -0.2) is 23.1 Å². The second-order valence-corrected chi connectivity index (χ2v) is 5.83. The smallest absolute Gasteiger partial charge is 0.242 e. The van der Waals surface area contributed by atoms with Crippen LogP contribution in [0, 0.1) is 0 Å². The van der Waals surface area contributed by atoms with Crippen molar-refractivity contribution in [1.29, 1.82) is 0 Å². The highest BCUT2D eigenvalue weighted by molar-refractivity contribution is 7.89. The van der Waals surface area contributed by atoms with Gasteiger partial charge in [0.15, 0.2) is 0 Å². The second-order valence-electron chi connectivity index (χ2n) is 4.06. The maximum Gasteiger partial charge on any atom is 0.242 e. The van der Waals surface area contributed by atoms with Crippen LogP contribution in [0.25, 0.3) is 0 Å². The van der Waals surface area contributed by atoms with Crippen LogP contribution in [-0.2, 0) is 16.4 Å². The largest absolute Gasteiger partial charge is 0.373 e. The number of H-pyrrole nitrogens is 1. The number of anilines is 1. The summed E-state index contributed by atoms with van der Waals surface area (Å²) in [6.45, 7) is 0.330. The lowest BCUT2D eigenvalue weighted by molar-refractivity contribution is 0.578. The Morgan fingerprint density at radius 3 is 2.75 bits per heavy atom. The van der Waals surface area contributed by atoms with Crippen LogP contribution in [-0.4, -0.2) is 42.2 Å². The third-order valence-corrected chi connectivity index (χ3v) is 4.10. The average Bonchev–Trinajstić information content (AvgIpc) is 2.97. The van der Waals surface area contributed by atoms with Gasteiger partial charge in [-0.3, -0.25) is 5.10 Å². The summed E-state index contributed by atoms with van der Waals surface area (Å²) in [6, 6.07) is 3.13. The first-order chi connectivity index (χ1) is 9.62. The number of pyridine rings is 1. The SMILES string of the molecule is CNc1ccc(S(=O)(=O)NCCCc2ncn[nH]2)cn1. The first-order valence-electron chi connectivity index (χ1n) is 6.09. The summed E-state index contributed by atoms with van der Waals surface area (Å²) < 4.78 is 26.5. The molecule has 3 N–H and O–H groups in total. The van der Waals surface area contributed by atoms with Gasteiger partial charge in [0.25, 0.3) is 0 Å². The lowest BCUT2D eigenvalue weighted by Crippen LogP contribution is -2.25. The van der Waals surface area contributed by atoms with Crippen molar-refractivity contribution >= 4 is 15.8 Å². The predicted octanol–water partition coefficient (Wildman–Crippen LogP) is 0.152. The summed E-state index contributed by atoms with van der Waals surface area (Å²) in [5.74, 6) is 1.36. The molecule has 9 heteroatoms. The van der Waals surface area contributed by atoms with Gasteiger partial charge in [0.2, 0.25) is 10.0 Å². The Labute approximate surface area is 117 Å². The Kier molecular flexibility index (Phi) is 4.64. The molecule has 0 aromatic carbocycles. The zero-order valence-electron chi connectivity index (χ0n) is 11.0. The van der Waals surface area contributed by atoms with Crippen LogP contribution in [0.15, 0.2) is 29.6 Å². The Balaban J connectivity index is 1.86. The average molecular weight is 296 g/mol. The molecule has 2 aromatic heterocycles. The summed E-state index contributed by atoms with van der Waals surface area (Å²) in [6.07, 6.45) is 4.02. The van der Waals surface area contributed by atoms with E-state index in [1.54, 1.807) is 13.1 Å². The van der Waals surface area contributed by atoms with E-state index in [2.05, 4.69) is 30.2 Å². The quantitative estimate of drug-likeness (QED) is 0.627. The molecule has 20 heavy (non-hydrogen) atoms. The molecule has 0 aliphatic heterocycles. The molecule has 2 aromatic rings. The molecule has 0 radical (unpaired) electrons. The number of hydrogen-bond donors (Lipinski definition) is 3. The van der Waals surface area contributed by atoms with Gasteiger partial charge >= 0.3 is 0 Å². The summed E-state index contributed by atoms with van der Waals surface area (Å²) in [5, 5.41) is 9.28. The number of hydrogen-bond acceptors (Lipinski definition) is 6. The molecule has 0 amide bonds. The molecule has 0 saturated carbocycles. The van der Waals surface area contributed by atoms with E-state index in [0.717, 1.165) is 5.82 Å². The highest BCUT2D eigenvalue weighted by Gasteiger charge is 2.13.